The summed E-state index contributed by atoms with van der Waals surface area (Å²) in [6.45, 7) is 1.76. The molecule has 0 unspecified atom stereocenters. The number of alkyl halides is 2. The predicted molar refractivity (Wildman–Crippen MR) is 43.4 cm³/mol. The van der Waals surface area contributed by atoms with Crippen LogP contribution >= 0.6 is 0 Å². The second-order valence-corrected chi connectivity index (χ2v) is 4.20. The molecular formula is C9H13F2NO. The maximum absolute atomic E-state index is 12.5. The van der Waals surface area contributed by atoms with Crippen LogP contribution in [0.25, 0.3) is 0 Å². The Labute approximate surface area is 75.9 Å². The molecule has 1 saturated carbocycles. The van der Waals surface area contributed by atoms with Crippen molar-refractivity contribution >= 4 is 5.91 Å². The van der Waals surface area contributed by atoms with Crippen LogP contribution in [-0.2, 0) is 4.79 Å². The first-order valence-electron chi connectivity index (χ1n) is 4.65. The molecule has 4 heteroatoms. The average molecular weight is 189 g/mol. The minimum Gasteiger partial charge on any atom is -0.337 e. The quantitative estimate of drug-likeness (QED) is 0.644. The van der Waals surface area contributed by atoms with E-state index in [1.54, 1.807) is 0 Å². The number of nitrogens with zero attached hydrogens (tertiary/aromatic N) is 1. The van der Waals surface area contributed by atoms with Gasteiger partial charge in [0, 0.05) is 20.0 Å². The van der Waals surface area contributed by atoms with Crippen molar-refractivity contribution in [2.45, 2.75) is 25.7 Å². The van der Waals surface area contributed by atoms with Crippen molar-refractivity contribution in [1.29, 1.82) is 0 Å². The van der Waals surface area contributed by atoms with E-state index >= 15 is 0 Å². The maximum atomic E-state index is 12.5. The van der Waals surface area contributed by atoms with Gasteiger partial charge in [0.15, 0.2) is 0 Å². The van der Waals surface area contributed by atoms with E-state index in [9.17, 15) is 13.6 Å². The molecule has 0 aromatic heterocycles. The van der Waals surface area contributed by atoms with Crippen LogP contribution < -0.4 is 0 Å². The van der Waals surface area contributed by atoms with Crippen LogP contribution in [0.3, 0.4) is 0 Å². The molecule has 1 aliphatic carbocycles. The fourth-order valence-electron chi connectivity index (χ4n) is 1.82. The van der Waals surface area contributed by atoms with Gasteiger partial charge in [0.2, 0.25) is 0 Å². The predicted octanol–water partition coefficient (Wildman–Crippen LogP) is 1.51. The molecule has 2 aliphatic rings. The Hall–Kier alpha value is -0.670. The molecule has 0 N–H and O–H groups in total. The van der Waals surface area contributed by atoms with E-state index in [0.717, 1.165) is 5.92 Å². The first-order valence-corrected chi connectivity index (χ1v) is 4.65. The van der Waals surface area contributed by atoms with Gasteiger partial charge in [-0.2, -0.15) is 8.78 Å². The molecule has 0 aromatic carbocycles. The standard InChI is InChI=1S/C9H13F2NO/c1-9(10,11)8(13)12-4-7(5-12)6-2-3-6/h6-7H,2-5H2,1H3. The summed E-state index contributed by atoms with van der Waals surface area (Å²) in [5, 5.41) is 0. The number of carbonyl (C=O) groups is 1. The van der Waals surface area contributed by atoms with E-state index in [4.69, 9.17) is 0 Å². The van der Waals surface area contributed by atoms with E-state index in [2.05, 4.69) is 0 Å². The van der Waals surface area contributed by atoms with Crippen molar-refractivity contribution in [3.05, 3.63) is 0 Å². The van der Waals surface area contributed by atoms with Crippen molar-refractivity contribution in [3.63, 3.8) is 0 Å². The van der Waals surface area contributed by atoms with Gasteiger partial charge >= 0.3 is 5.92 Å². The van der Waals surface area contributed by atoms with Gasteiger partial charge in [-0.15, -0.1) is 0 Å². The molecule has 2 fully saturated rings. The Bertz CT molecular complexity index is 226. The normalized spacial score (nSPS) is 24.4. The molecule has 1 saturated heterocycles. The van der Waals surface area contributed by atoms with Gasteiger partial charge in [-0.05, 0) is 24.7 Å². The summed E-state index contributed by atoms with van der Waals surface area (Å²) in [4.78, 5) is 12.3. The SMILES string of the molecule is CC(F)(F)C(=O)N1CC(C2CC2)C1. The van der Waals surface area contributed by atoms with Crippen molar-refractivity contribution in [3.8, 4) is 0 Å². The number of amides is 1. The zero-order valence-corrected chi connectivity index (χ0v) is 7.59. The molecule has 1 amide bonds. The highest BCUT2D eigenvalue weighted by Crippen LogP contribution is 2.41. The Morgan fingerprint density at radius 2 is 1.85 bits per heavy atom. The Kier molecular flexibility index (Phi) is 1.82. The number of hydrogen-bond acceptors (Lipinski definition) is 1. The smallest absolute Gasteiger partial charge is 0.322 e. The minimum absolute atomic E-state index is 0.506. The van der Waals surface area contributed by atoms with Gasteiger partial charge in [-0.3, -0.25) is 4.79 Å². The number of halogens is 2. The van der Waals surface area contributed by atoms with Crippen molar-refractivity contribution in [1.82, 2.24) is 4.90 Å². The summed E-state index contributed by atoms with van der Waals surface area (Å²) in [5.41, 5.74) is 0. The Morgan fingerprint density at radius 3 is 2.23 bits per heavy atom. The molecule has 1 heterocycles. The summed E-state index contributed by atoms with van der Waals surface area (Å²) >= 11 is 0. The third kappa shape index (κ3) is 1.67. The van der Waals surface area contributed by atoms with Crippen LogP contribution in [0.15, 0.2) is 0 Å². The summed E-state index contributed by atoms with van der Waals surface area (Å²) < 4.78 is 25.1. The second-order valence-electron chi connectivity index (χ2n) is 4.20. The van der Waals surface area contributed by atoms with Crippen molar-refractivity contribution in [2.24, 2.45) is 11.8 Å². The molecule has 13 heavy (non-hydrogen) atoms. The zero-order chi connectivity index (χ0) is 9.64. The van der Waals surface area contributed by atoms with Crippen LogP contribution in [0.1, 0.15) is 19.8 Å². The number of carbonyl (C=O) groups excluding carboxylic acids is 1. The molecule has 0 spiro atoms. The molecule has 2 rings (SSSR count). The van der Waals surface area contributed by atoms with Crippen LogP contribution in [-0.4, -0.2) is 29.8 Å². The van der Waals surface area contributed by atoms with E-state index in [1.165, 1.54) is 17.7 Å². The fraction of sp³-hybridized carbons (Fsp3) is 0.889. The molecule has 0 bridgehead atoms. The van der Waals surface area contributed by atoms with Crippen molar-refractivity contribution < 1.29 is 13.6 Å². The highest BCUT2D eigenvalue weighted by atomic mass is 19.3. The lowest BCUT2D eigenvalue weighted by Crippen LogP contribution is -2.55. The molecule has 1 aliphatic heterocycles. The summed E-state index contributed by atoms with van der Waals surface area (Å²) in [6, 6.07) is 0. The highest BCUT2D eigenvalue weighted by molar-refractivity contribution is 5.83. The number of likely N-dealkylation sites (tertiary alicyclic amines) is 1. The van der Waals surface area contributed by atoms with Crippen molar-refractivity contribution in [2.75, 3.05) is 13.1 Å². The summed E-state index contributed by atoms with van der Waals surface area (Å²) in [5.74, 6) is -2.97. The van der Waals surface area contributed by atoms with Crippen LogP contribution in [0.5, 0.6) is 0 Å². The van der Waals surface area contributed by atoms with E-state index in [0.29, 0.717) is 25.9 Å². The monoisotopic (exact) mass is 189 g/mol. The lowest BCUT2D eigenvalue weighted by molar-refractivity contribution is -0.162. The third-order valence-corrected chi connectivity index (χ3v) is 2.86. The van der Waals surface area contributed by atoms with Gasteiger partial charge in [-0.1, -0.05) is 0 Å². The second kappa shape index (κ2) is 2.66. The topological polar surface area (TPSA) is 20.3 Å². The first kappa shape index (κ1) is 8.91. The van der Waals surface area contributed by atoms with Gasteiger partial charge in [0.1, 0.15) is 0 Å². The number of rotatable bonds is 2. The van der Waals surface area contributed by atoms with Gasteiger partial charge in [-0.25, -0.2) is 0 Å². The summed E-state index contributed by atoms with van der Waals surface area (Å²) in [7, 11) is 0. The lowest BCUT2D eigenvalue weighted by atomic mass is 9.94. The minimum atomic E-state index is -3.19. The Morgan fingerprint density at radius 1 is 1.31 bits per heavy atom. The third-order valence-electron chi connectivity index (χ3n) is 2.86. The maximum Gasteiger partial charge on any atom is 0.322 e. The molecule has 0 radical (unpaired) electrons. The lowest BCUT2D eigenvalue weighted by Gasteiger charge is -2.40. The first-order chi connectivity index (χ1) is 5.98. The molecular weight excluding hydrogens is 176 g/mol. The van der Waals surface area contributed by atoms with Crippen LogP contribution in [0.4, 0.5) is 8.78 Å². The summed E-state index contributed by atoms with van der Waals surface area (Å²) in [6.07, 6.45) is 2.43. The van der Waals surface area contributed by atoms with E-state index < -0.39 is 11.8 Å². The molecule has 2 nitrogen and oxygen atoms in total. The Balaban J connectivity index is 1.82. The van der Waals surface area contributed by atoms with E-state index in [1.807, 2.05) is 0 Å². The molecule has 74 valence electrons. The highest BCUT2D eigenvalue weighted by Gasteiger charge is 2.46. The van der Waals surface area contributed by atoms with E-state index in [-0.39, 0.29) is 0 Å². The average Bonchev–Trinajstić information content (AvgIpc) is 2.65. The zero-order valence-electron chi connectivity index (χ0n) is 7.59. The van der Waals surface area contributed by atoms with Gasteiger partial charge in [0.25, 0.3) is 5.91 Å². The van der Waals surface area contributed by atoms with Crippen LogP contribution in [0.2, 0.25) is 0 Å². The number of hydrogen-bond donors (Lipinski definition) is 0. The molecule has 0 atom stereocenters. The van der Waals surface area contributed by atoms with Gasteiger partial charge in [0.05, 0.1) is 0 Å². The van der Waals surface area contributed by atoms with Gasteiger partial charge < -0.3 is 4.90 Å². The fourth-order valence-corrected chi connectivity index (χ4v) is 1.82. The van der Waals surface area contributed by atoms with Crippen LogP contribution in [0, 0.1) is 11.8 Å². The largest absolute Gasteiger partial charge is 0.337 e. The molecule has 0 aromatic rings.